The van der Waals surface area contributed by atoms with Crippen molar-refractivity contribution in [2.24, 2.45) is 0 Å². The zero-order chi connectivity index (χ0) is 16.7. The number of aromatic nitrogens is 1. The van der Waals surface area contributed by atoms with Gasteiger partial charge in [0.2, 0.25) is 0 Å². The van der Waals surface area contributed by atoms with Gasteiger partial charge in [-0.2, -0.15) is 0 Å². The molecule has 1 aromatic rings. The Hall–Kier alpha value is -1.80. The van der Waals surface area contributed by atoms with Crippen molar-refractivity contribution in [3.8, 4) is 0 Å². The molecule has 2 rings (SSSR count). The van der Waals surface area contributed by atoms with Crippen molar-refractivity contribution >= 4 is 34.5 Å². The lowest BCUT2D eigenvalue weighted by Gasteiger charge is -2.27. The van der Waals surface area contributed by atoms with Crippen LogP contribution in [0.15, 0.2) is 34.5 Å². The molecule has 0 aliphatic carbocycles. The molecule has 1 aliphatic heterocycles. The summed E-state index contributed by atoms with van der Waals surface area (Å²) in [6.07, 6.45) is 5.11. The molecule has 23 heavy (non-hydrogen) atoms. The molecular formula is C15H18N2O4S2. The first-order chi connectivity index (χ1) is 11.1. The van der Waals surface area contributed by atoms with E-state index < -0.39 is 0 Å². The molecule has 0 radical (unpaired) electrons. The third-order valence-electron chi connectivity index (χ3n) is 3.01. The summed E-state index contributed by atoms with van der Waals surface area (Å²) in [5.74, 6) is -0.00664. The van der Waals surface area contributed by atoms with Crippen LogP contribution in [0, 0.1) is 0 Å². The number of ether oxygens (including phenoxy) is 2. The van der Waals surface area contributed by atoms with Crippen molar-refractivity contribution in [1.82, 2.24) is 9.88 Å². The fourth-order valence-corrected chi connectivity index (χ4v) is 3.61. The van der Waals surface area contributed by atoms with Crippen LogP contribution < -0.4 is 0 Å². The van der Waals surface area contributed by atoms with Gasteiger partial charge in [0.05, 0.1) is 12.3 Å². The Kier molecular flexibility index (Phi) is 6.66. The molecule has 2 heterocycles. The number of amides is 1. The number of carbonyl (C=O) groups is 2. The predicted octanol–water partition coefficient (Wildman–Crippen LogP) is 3.67. The van der Waals surface area contributed by atoms with E-state index in [0.29, 0.717) is 24.0 Å². The quantitative estimate of drug-likeness (QED) is 0.456. The van der Waals surface area contributed by atoms with E-state index in [-0.39, 0.29) is 23.9 Å². The van der Waals surface area contributed by atoms with E-state index in [1.807, 2.05) is 17.5 Å². The van der Waals surface area contributed by atoms with E-state index in [0.717, 1.165) is 17.5 Å². The summed E-state index contributed by atoms with van der Waals surface area (Å²) in [6.45, 7) is 6.84. The number of hydrogen-bond acceptors (Lipinski definition) is 7. The maximum atomic E-state index is 11.9. The minimum atomic E-state index is -0.365. The van der Waals surface area contributed by atoms with Crippen LogP contribution in [0.5, 0.6) is 0 Å². The first-order valence-corrected chi connectivity index (χ1v) is 8.83. The fraction of sp³-hybridized carbons (Fsp3) is 0.400. The van der Waals surface area contributed by atoms with Gasteiger partial charge in [-0.05, 0) is 6.92 Å². The highest BCUT2D eigenvalue weighted by Crippen LogP contribution is 2.29. The average Bonchev–Trinajstić information content (AvgIpc) is 3.01. The van der Waals surface area contributed by atoms with Crippen molar-refractivity contribution in [2.45, 2.75) is 17.2 Å². The zero-order valence-electron chi connectivity index (χ0n) is 12.8. The molecule has 1 amide bonds. The van der Waals surface area contributed by atoms with Crippen LogP contribution in [-0.4, -0.2) is 47.6 Å². The van der Waals surface area contributed by atoms with Gasteiger partial charge in [-0.15, -0.1) is 11.3 Å². The summed E-state index contributed by atoms with van der Waals surface area (Å²) >= 11 is 2.37. The van der Waals surface area contributed by atoms with Crippen LogP contribution in [-0.2, 0) is 9.47 Å². The zero-order valence-corrected chi connectivity index (χ0v) is 14.4. The highest BCUT2D eigenvalue weighted by atomic mass is 32.2. The average molecular weight is 354 g/mol. The molecule has 0 saturated carbocycles. The molecule has 1 atom stereocenters. The second kappa shape index (κ2) is 8.73. The van der Waals surface area contributed by atoms with Crippen LogP contribution in [0.4, 0.5) is 9.59 Å². The number of nitrogens with zero attached hydrogens (tertiary/aromatic N) is 2. The third kappa shape index (κ3) is 5.11. The summed E-state index contributed by atoms with van der Waals surface area (Å²) in [6, 6.07) is 0. The lowest BCUT2D eigenvalue weighted by Crippen LogP contribution is -2.37. The largest absolute Gasteiger partial charge is 0.458 e. The normalized spacial score (nSPS) is 16.9. The van der Waals surface area contributed by atoms with Gasteiger partial charge in [0.15, 0.2) is 4.34 Å². The van der Waals surface area contributed by atoms with Crippen molar-refractivity contribution < 1.29 is 19.1 Å². The van der Waals surface area contributed by atoms with Gasteiger partial charge < -0.3 is 14.4 Å². The molecule has 0 aromatic carbocycles. The first kappa shape index (κ1) is 17.6. The fourth-order valence-electron chi connectivity index (χ4n) is 1.99. The summed E-state index contributed by atoms with van der Waals surface area (Å²) in [4.78, 5) is 29.4. The molecule has 6 nitrogen and oxygen atoms in total. The molecule has 124 valence electrons. The number of thiazole rings is 1. The Balaban J connectivity index is 1.96. The van der Waals surface area contributed by atoms with Gasteiger partial charge in [0.1, 0.15) is 6.61 Å². The molecule has 0 saturated heterocycles. The summed E-state index contributed by atoms with van der Waals surface area (Å²) in [7, 11) is 0. The van der Waals surface area contributed by atoms with Gasteiger partial charge >= 0.3 is 11.4 Å². The molecule has 0 spiro atoms. The van der Waals surface area contributed by atoms with Crippen molar-refractivity contribution in [1.29, 1.82) is 0 Å². The number of hydrogen-bond donors (Lipinski definition) is 0. The smallest absolute Gasteiger partial charge is 0.410 e. The number of thioether (sulfide) groups is 1. The van der Waals surface area contributed by atoms with Crippen LogP contribution in [0.1, 0.15) is 18.5 Å². The van der Waals surface area contributed by atoms with E-state index in [9.17, 15) is 9.59 Å². The Morgan fingerprint density at radius 1 is 1.57 bits per heavy atom. The van der Waals surface area contributed by atoms with E-state index in [4.69, 9.17) is 9.47 Å². The van der Waals surface area contributed by atoms with E-state index in [1.54, 1.807) is 11.8 Å². The Morgan fingerprint density at radius 3 is 3.13 bits per heavy atom. The molecule has 1 unspecified atom stereocenters. The maximum Gasteiger partial charge on any atom is 0.410 e. The minimum absolute atomic E-state index is 0.00664. The highest BCUT2D eigenvalue weighted by molar-refractivity contribution is 8.14. The predicted molar refractivity (Wildman–Crippen MR) is 90.0 cm³/mol. The van der Waals surface area contributed by atoms with Gasteiger partial charge in [0, 0.05) is 36.1 Å². The number of rotatable bonds is 5. The monoisotopic (exact) mass is 354 g/mol. The highest BCUT2D eigenvalue weighted by Gasteiger charge is 2.24. The molecule has 1 aliphatic rings. The van der Waals surface area contributed by atoms with Crippen LogP contribution in [0.25, 0.3) is 0 Å². The molecule has 8 heteroatoms. The number of carbonyl (C=O) groups excluding carboxylic acids is 2. The molecular weight excluding hydrogens is 336 g/mol. The summed E-state index contributed by atoms with van der Waals surface area (Å²) in [5.41, 5.74) is 0.833. The minimum Gasteiger partial charge on any atom is -0.458 e. The van der Waals surface area contributed by atoms with Crippen LogP contribution >= 0.6 is 23.1 Å². The Morgan fingerprint density at radius 2 is 2.39 bits per heavy atom. The maximum absolute atomic E-state index is 11.9. The molecule has 1 aromatic heterocycles. The van der Waals surface area contributed by atoms with Crippen molar-refractivity contribution in [3.63, 3.8) is 0 Å². The SMILES string of the molecule is C=CCOC(=O)N1CC=CC(c2csc(SC(=O)OCC)n2)C1. The van der Waals surface area contributed by atoms with Crippen LogP contribution in [0.3, 0.4) is 0 Å². The second-order valence-electron chi connectivity index (χ2n) is 4.63. The Bertz CT molecular complexity index is 600. The standard InChI is InChI=1S/C15H18N2O4S2/c1-3-8-21-14(18)17-7-5-6-11(9-17)12-10-22-13(16-12)23-15(19)20-4-2/h3,5-6,10-11H,1,4,7-9H2,2H3. The third-order valence-corrected chi connectivity index (χ3v) is 4.75. The lowest BCUT2D eigenvalue weighted by atomic mass is 10.0. The van der Waals surface area contributed by atoms with Crippen LogP contribution in [0.2, 0.25) is 0 Å². The summed E-state index contributed by atoms with van der Waals surface area (Å²) < 4.78 is 10.6. The van der Waals surface area contributed by atoms with Gasteiger partial charge in [-0.1, -0.05) is 24.8 Å². The lowest BCUT2D eigenvalue weighted by molar-refractivity contribution is 0.114. The van der Waals surface area contributed by atoms with E-state index in [2.05, 4.69) is 11.6 Å². The molecule has 0 N–H and O–H groups in total. The summed E-state index contributed by atoms with van der Waals surface area (Å²) in [5, 5.41) is 1.54. The first-order valence-electron chi connectivity index (χ1n) is 7.13. The van der Waals surface area contributed by atoms with Gasteiger partial charge in [-0.3, -0.25) is 0 Å². The Labute approximate surface area is 143 Å². The van der Waals surface area contributed by atoms with E-state index >= 15 is 0 Å². The second-order valence-corrected chi connectivity index (χ2v) is 6.67. The van der Waals surface area contributed by atoms with Gasteiger partial charge in [0.25, 0.3) is 0 Å². The van der Waals surface area contributed by atoms with Crippen molar-refractivity contribution in [2.75, 3.05) is 26.3 Å². The topological polar surface area (TPSA) is 68.7 Å². The molecule has 0 fully saturated rings. The van der Waals surface area contributed by atoms with Crippen molar-refractivity contribution in [3.05, 3.63) is 35.9 Å². The van der Waals surface area contributed by atoms with E-state index in [1.165, 1.54) is 17.4 Å². The molecule has 0 bridgehead atoms. The van der Waals surface area contributed by atoms with Gasteiger partial charge in [-0.25, -0.2) is 14.6 Å².